The summed E-state index contributed by atoms with van der Waals surface area (Å²) >= 11 is 0. The number of amides is 1. The zero-order chi connectivity index (χ0) is 14.0. The molecule has 7 heteroatoms. The Balaban J connectivity index is 2.24. The number of nitro groups is 1. The van der Waals surface area contributed by atoms with Crippen molar-refractivity contribution in [2.45, 2.75) is 0 Å². The Hall–Kier alpha value is -2.15. The van der Waals surface area contributed by atoms with Crippen LogP contribution in [0.25, 0.3) is 0 Å². The van der Waals surface area contributed by atoms with Crippen LogP contribution in [-0.2, 0) is 0 Å². The van der Waals surface area contributed by atoms with E-state index in [1.165, 1.54) is 30.2 Å². The van der Waals surface area contributed by atoms with Gasteiger partial charge in [0.15, 0.2) is 0 Å². The second kappa shape index (κ2) is 5.23. The predicted octanol–water partition coefficient (Wildman–Crippen LogP) is 0.668. The molecule has 1 N–H and O–H groups in total. The number of nitro benzene ring substituents is 1. The van der Waals surface area contributed by atoms with E-state index in [1.54, 1.807) is 0 Å². The lowest BCUT2D eigenvalue weighted by atomic mass is 9.99. The molecule has 0 aliphatic carbocycles. The zero-order valence-corrected chi connectivity index (χ0v) is 10.4. The van der Waals surface area contributed by atoms with Crippen LogP contribution < -0.4 is 4.74 Å². The van der Waals surface area contributed by atoms with Crippen molar-refractivity contribution in [3.8, 4) is 5.75 Å². The number of ether oxygens (including phenoxy) is 1. The molecule has 1 fully saturated rings. The fraction of sp³-hybridized carbons (Fsp3) is 0.417. The maximum atomic E-state index is 12.2. The maximum Gasteiger partial charge on any atom is 0.270 e. The lowest BCUT2D eigenvalue weighted by Gasteiger charge is -2.38. The number of aliphatic hydroxyl groups excluding tert-OH is 1. The van der Waals surface area contributed by atoms with Crippen molar-refractivity contribution in [2.75, 3.05) is 26.8 Å². The van der Waals surface area contributed by atoms with Crippen molar-refractivity contribution in [2.24, 2.45) is 5.92 Å². The number of likely N-dealkylation sites (tertiary alicyclic amines) is 1. The highest BCUT2D eigenvalue weighted by Gasteiger charge is 2.32. The number of hydrogen-bond acceptors (Lipinski definition) is 5. The molecular weight excluding hydrogens is 252 g/mol. The third-order valence-electron chi connectivity index (χ3n) is 3.13. The number of rotatable bonds is 4. The molecule has 0 unspecified atom stereocenters. The monoisotopic (exact) mass is 266 g/mol. The van der Waals surface area contributed by atoms with Crippen LogP contribution in [0.2, 0.25) is 0 Å². The van der Waals surface area contributed by atoms with E-state index in [0.717, 1.165) is 0 Å². The Morgan fingerprint density at radius 3 is 2.79 bits per heavy atom. The average Bonchev–Trinajstić information content (AvgIpc) is 2.36. The summed E-state index contributed by atoms with van der Waals surface area (Å²) in [4.78, 5) is 23.9. The van der Waals surface area contributed by atoms with Crippen LogP contribution in [0.15, 0.2) is 18.2 Å². The van der Waals surface area contributed by atoms with Crippen LogP contribution >= 0.6 is 0 Å². The standard InChI is InChI=1S/C12H14N2O5/c1-19-11-3-2-9(14(17)18)4-10(11)12(16)13-5-8(6-13)7-15/h2-4,8,15H,5-7H2,1H3. The van der Waals surface area contributed by atoms with Gasteiger partial charge in [0.1, 0.15) is 5.75 Å². The summed E-state index contributed by atoms with van der Waals surface area (Å²) in [6.07, 6.45) is 0. The number of non-ortho nitro benzene ring substituents is 1. The largest absolute Gasteiger partial charge is 0.496 e. The Labute approximate surface area is 109 Å². The number of carbonyl (C=O) groups is 1. The first-order valence-corrected chi connectivity index (χ1v) is 5.79. The molecule has 0 spiro atoms. The fourth-order valence-electron chi connectivity index (χ4n) is 2.00. The normalized spacial score (nSPS) is 14.9. The van der Waals surface area contributed by atoms with Crippen molar-refractivity contribution in [1.29, 1.82) is 0 Å². The number of benzene rings is 1. The molecule has 1 aromatic carbocycles. The van der Waals surface area contributed by atoms with Crippen LogP contribution in [0.5, 0.6) is 5.75 Å². The fourth-order valence-corrected chi connectivity index (χ4v) is 2.00. The van der Waals surface area contributed by atoms with E-state index in [4.69, 9.17) is 9.84 Å². The summed E-state index contributed by atoms with van der Waals surface area (Å²) in [5.41, 5.74) is 0.0245. The molecule has 0 radical (unpaired) electrons. The van der Waals surface area contributed by atoms with Gasteiger partial charge < -0.3 is 14.7 Å². The third kappa shape index (κ3) is 2.50. The number of hydrogen-bond donors (Lipinski definition) is 1. The summed E-state index contributed by atoms with van der Waals surface area (Å²) in [5.74, 6) is 0.0851. The van der Waals surface area contributed by atoms with Crippen LogP contribution in [0, 0.1) is 16.0 Å². The first kappa shape index (κ1) is 13.3. The van der Waals surface area contributed by atoms with Crippen LogP contribution in [-0.4, -0.2) is 47.6 Å². The lowest BCUT2D eigenvalue weighted by Crippen LogP contribution is -2.51. The van der Waals surface area contributed by atoms with Gasteiger partial charge in [-0.05, 0) is 6.07 Å². The van der Waals surface area contributed by atoms with Gasteiger partial charge in [0.25, 0.3) is 11.6 Å². The molecule has 2 rings (SSSR count). The van der Waals surface area contributed by atoms with E-state index < -0.39 is 4.92 Å². The first-order chi connectivity index (χ1) is 9.06. The molecule has 19 heavy (non-hydrogen) atoms. The van der Waals surface area contributed by atoms with Gasteiger partial charge in [0, 0.05) is 37.7 Å². The van der Waals surface area contributed by atoms with Gasteiger partial charge in [-0.15, -0.1) is 0 Å². The number of aliphatic hydroxyl groups is 1. The van der Waals surface area contributed by atoms with E-state index in [2.05, 4.69) is 0 Å². The molecule has 0 aromatic heterocycles. The molecule has 1 aromatic rings. The molecule has 1 aliphatic rings. The number of carbonyl (C=O) groups excluding carboxylic acids is 1. The van der Waals surface area contributed by atoms with Crippen molar-refractivity contribution < 1.29 is 19.6 Å². The van der Waals surface area contributed by atoms with Crippen molar-refractivity contribution in [3.63, 3.8) is 0 Å². The summed E-state index contributed by atoms with van der Waals surface area (Å²) in [7, 11) is 1.41. The van der Waals surface area contributed by atoms with E-state index in [0.29, 0.717) is 18.8 Å². The van der Waals surface area contributed by atoms with Gasteiger partial charge in [-0.3, -0.25) is 14.9 Å². The topological polar surface area (TPSA) is 92.9 Å². The van der Waals surface area contributed by atoms with Crippen LogP contribution in [0.1, 0.15) is 10.4 Å². The zero-order valence-electron chi connectivity index (χ0n) is 10.4. The highest BCUT2D eigenvalue weighted by molar-refractivity contribution is 5.98. The van der Waals surface area contributed by atoms with Crippen LogP contribution in [0.4, 0.5) is 5.69 Å². The summed E-state index contributed by atoms with van der Waals surface area (Å²) < 4.78 is 5.05. The van der Waals surface area contributed by atoms with Gasteiger partial charge in [0.05, 0.1) is 17.6 Å². The Morgan fingerprint density at radius 2 is 2.26 bits per heavy atom. The van der Waals surface area contributed by atoms with Crippen molar-refractivity contribution in [1.82, 2.24) is 4.90 Å². The van der Waals surface area contributed by atoms with Crippen molar-refractivity contribution in [3.05, 3.63) is 33.9 Å². The van der Waals surface area contributed by atoms with Gasteiger partial charge >= 0.3 is 0 Å². The van der Waals surface area contributed by atoms with Gasteiger partial charge in [-0.2, -0.15) is 0 Å². The molecule has 1 aliphatic heterocycles. The van der Waals surface area contributed by atoms with E-state index in [9.17, 15) is 14.9 Å². The minimum Gasteiger partial charge on any atom is -0.496 e. The summed E-state index contributed by atoms with van der Waals surface area (Å²) in [5, 5.41) is 19.7. The molecule has 0 saturated carbocycles. The quantitative estimate of drug-likeness (QED) is 0.638. The van der Waals surface area contributed by atoms with Crippen molar-refractivity contribution >= 4 is 11.6 Å². The van der Waals surface area contributed by atoms with Crippen LogP contribution in [0.3, 0.4) is 0 Å². The summed E-state index contributed by atoms with van der Waals surface area (Å²) in [6, 6.07) is 3.92. The molecule has 7 nitrogen and oxygen atoms in total. The second-order valence-electron chi connectivity index (χ2n) is 4.40. The van der Waals surface area contributed by atoms with Gasteiger partial charge in [-0.25, -0.2) is 0 Å². The minimum atomic E-state index is -0.553. The molecule has 1 heterocycles. The van der Waals surface area contributed by atoms with E-state index >= 15 is 0 Å². The number of methoxy groups -OCH3 is 1. The molecule has 0 bridgehead atoms. The maximum absolute atomic E-state index is 12.2. The van der Waals surface area contributed by atoms with Gasteiger partial charge in [0.2, 0.25) is 0 Å². The first-order valence-electron chi connectivity index (χ1n) is 5.79. The Kier molecular flexibility index (Phi) is 3.66. The SMILES string of the molecule is COc1ccc([N+](=O)[O-])cc1C(=O)N1CC(CO)C1. The minimum absolute atomic E-state index is 0.0376. The Bertz CT molecular complexity index is 511. The molecular formula is C12H14N2O5. The molecule has 102 valence electrons. The lowest BCUT2D eigenvalue weighted by molar-refractivity contribution is -0.384. The Morgan fingerprint density at radius 1 is 1.58 bits per heavy atom. The average molecular weight is 266 g/mol. The third-order valence-corrected chi connectivity index (χ3v) is 3.13. The second-order valence-corrected chi connectivity index (χ2v) is 4.40. The molecule has 1 amide bonds. The highest BCUT2D eigenvalue weighted by atomic mass is 16.6. The summed E-state index contributed by atoms with van der Waals surface area (Å²) in [6.45, 7) is 0.957. The smallest absolute Gasteiger partial charge is 0.270 e. The molecule has 1 saturated heterocycles. The van der Waals surface area contributed by atoms with E-state index in [-0.39, 0.29) is 29.7 Å². The highest BCUT2D eigenvalue weighted by Crippen LogP contribution is 2.27. The van der Waals surface area contributed by atoms with Gasteiger partial charge in [-0.1, -0.05) is 0 Å². The van der Waals surface area contributed by atoms with E-state index in [1.807, 2.05) is 0 Å². The number of nitrogens with zero attached hydrogens (tertiary/aromatic N) is 2. The molecule has 0 atom stereocenters. The predicted molar refractivity (Wildman–Crippen MR) is 66.1 cm³/mol.